The van der Waals surface area contributed by atoms with Crippen molar-refractivity contribution in [2.24, 2.45) is 5.73 Å². The molecule has 0 spiro atoms. The van der Waals surface area contributed by atoms with Gasteiger partial charge in [-0.05, 0) is 18.6 Å². The van der Waals surface area contributed by atoms with E-state index in [1.54, 1.807) is 6.07 Å². The Morgan fingerprint density at radius 3 is 2.76 bits per heavy atom. The van der Waals surface area contributed by atoms with Crippen molar-refractivity contribution >= 4 is 0 Å². The van der Waals surface area contributed by atoms with Gasteiger partial charge in [0.1, 0.15) is 11.4 Å². The summed E-state index contributed by atoms with van der Waals surface area (Å²) >= 11 is 0. The van der Waals surface area contributed by atoms with Crippen LogP contribution in [-0.2, 0) is 6.54 Å². The standard InChI is InChI=1S/C12H13N3O2/c1-8-4-2-3-5-10(8)15-12(17)6-11(16)9(7-13)14-15/h2-6,16H,7,13H2,1H3. The van der Waals surface area contributed by atoms with E-state index in [1.807, 2.05) is 25.1 Å². The lowest BCUT2D eigenvalue weighted by molar-refractivity contribution is 0.457. The summed E-state index contributed by atoms with van der Waals surface area (Å²) in [5.74, 6) is -0.165. The predicted octanol–water partition coefficient (Wildman–Crippen LogP) is 0.705. The number of benzene rings is 1. The second kappa shape index (κ2) is 4.39. The fraction of sp³-hybridized carbons (Fsp3) is 0.167. The van der Waals surface area contributed by atoms with E-state index < -0.39 is 0 Å². The normalized spacial score (nSPS) is 10.5. The lowest BCUT2D eigenvalue weighted by atomic mass is 10.2. The van der Waals surface area contributed by atoms with Crippen LogP contribution in [0.1, 0.15) is 11.3 Å². The maximum Gasteiger partial charge on any atom is 0.275 e. The summed E-state index contributed by atoms with van der Waals surface area (Å²) in [6, 6.07) is 8.51. The minimum atomic E-state index is -0.381. The Bertz CT molecular complexity index is 605. The summed E-state index contributed by atoms with van der Waals surface area (Å²) in [4.78, 5) is 11.8. The van der Waals surface area contributed by atoms with E-state index in [4.69, 9.17) is 5.73 Å². The van der Waals surface area contributed by atoms with Gasteiger partial charge in [0, 0.05) is 12.6 Å². The summed E-state index contributed by atoms with van der Waals surface area (Å²) in [5, 5.41) is 13.5. The Hall–Kier alpha value is -2.14. The zero-order chi connectivity index (χ0) is 12.4. The molecule has 0 fully saturated rings. The number of hydrogen-bond acceptors (Lipinski definition) is 4. The molecule has 88 valence electrons. The van der Waals surface area contributed by atoms with Crippen LogP contribution in [0.15, 0.2) is 35.1 Å². The molecule has 5 nitrogen and oxygen atoms in total. The maximum atomic E-state index is 11.8. The molecule has 0 atom stereocenters. The van der Waals surface area contributed by atoms with Gasteiger partial charge < -0.3 is 10.8 Å². The quantitative estimate of drug-likeness (QED) is 0.797. The van der Waals surface area contributed by atoms with Crippen LogP contribution in [0.3, 0.4) is 0 Å². The highest BCUT2D eigenvalue weighted by molar-refractivity contribution is 5.40. The Balaban J connectivity index is 2.68. The number of para-hydroxylation sites is 1. The molecule has 1 aromatic carbocycles. The molecular weight excluding hydrogens is 218 g/mol. The van der Waals surface area contributed by atoms with Gasteiger partial charge in [-0.3, -0.25) is 4.79 Å². The molecule has 0 saturated heterocycles. The molecular formula is C12H13N3O2. The Kier molecular flexibility index (Phi) is 2.93. The predicted molar refractivity (Wildman–Crippen MR) is 64.1 cm³/mol. The topological polar surface area (TPSA) is 81.1 Å². The van der Waals surface area contributed by atoms with Gasteiger partial charge in [-0.1, -0.05) is 18.2 Å². The molecule has 1 aromatic heterocycles. The van der Waals surface area contributed by atoms with Gasteiger partial charge in [-0.15, -0.1) is 0 Å². The first kappa shape index (κ1) is 11.3. The van der Waals surface area contributed by atoms with Gasteiger partial charge in [-0.25, -0.2) is 0 Å². The van der Waals surface area contributed by atoms with Crippen LogP contribution in [-0.4, -0.2) is 14.9 Å². The van der Waals surface area contributed by atoms with Crippen molar-refractivity contribution in [1.29, 1.82) is 0 Å². The van der Waals surface area contributed by atoms with Gasteiger partial charge in [0.15, 0.2) is 0 Å². The first-order valence-corrected chi connectivity index (χ1v) is 5.22. The first-order valence-electron chi connectivity index (χ1n) is 5.22. The van der Waals surface area contributed by atoms with Gasteiger partial charge in [0.05, 0.1) is 5.69 Å². The molecule has 3 N–H and O–H groups in total. The van der Waals surface area contributed by atoms with Crippen LogP contribution in [0.2, 0.25) is 0 Å². The van der Waals surface area contributed by atoms with Crippen molar-refractivity contribution in [3.05, 3.63) is 51.9 Å². The number of aryl methyl sites for hydroxylation is 1. The number of aromatic hydroxyl groups is 1. The lowest BCUT2D eigenvalue weighted by Crippen LogP contribution is -2.23. The van der Waals surface area contributed by atoms with Crippen LogP contribution >= 0.6 is 0 Å². The van der Waals surface area contributed by atoms with Gasteiger partial charge >= 0.3 is 0 Å². The highest BCUT2D eigenvalue weighted by atomic mass is 16.3. The molecule has 0 aliphatic rings. The zero-order valence-electron chi connectivity index (χ0n) is 9.42. The molecule has 0 aliphatic heterocycles. The smallest absolute Gasteiger partial charge is 0.275 e. The molecule has 0 saturated carbocycles. The van der Waals surface area contributed by atoms with Crippen molar-refractivity contribution < 1.29 is 5.11 Å². The van der Waals surface area contributed by atoms with Crippen LogP contribution < -0.4 is 11.3 Å². The largest absolute Gasteiger partial charge is 0.506 e. The number of aromatic nitrogens is 2. The average molecular weight is 231 g/mol. The number of nitrogens with zero attached hydrogens (tertiary/aromatic N) is 2. The Labute approximate surface area is 98.1 Å². The van der Waals surface area contributed by atoms with Crippen LogP contribution in [0.4, 0.5) is 0 Å². The monoisotopic (exact) mass is 231 g/mol. The molecule has 0 bridgehead atoms. The molecule has 1 heterocycles. The average Bonchev–Trinajstić information content (AvgIpc) is 2.31. The fourth-order valence-corrected chi connectivity index (χ4v) is 1.60. The summed E-state index contributed by atoms with van der Waals surface area (Å²) < 4.78 is 1.25. The summed E-state index contributed by atoms with van der Waals surface area (Å²) in [7, 11) is 0. The number of hydrogen-bond donors (Lipinski definition) is 2. The molecule has 0 unspecified atom stereocenters. The zero-order valence-corrected chi connectivity index (χ0v) is 9.42. The SMILES string of the molecule is Cc1ccccc1-n1nc(CN)c(O)cc1=O. The van der Waals surface area contributed by atoms with E-state index in [2.05, 4.69) is 5.10 Å². The Morgan fingerprint density at radius 2 is 2.12 bits per heavy atom. The van der Waals surface area contributed by atoms with Crippen molar-refractivity contribution in [1.82, 2.24) is 9.78 Å². The van der Waals surface area contributed by atoms with Gasteiger partial charge in [-0.2, -0.15) is 9.78 Å². The van der Waals surface area contributed by atoms with Crippen LogP contribution in [0, 0.1) is 6.92 Å². The van der Waals surface area contributed by atoms with Gasteiger partial charge in [0.25, 0.3) is 5.56 Å². The molecule has 0 aliphatic carbocycles. The summed E-state index contributed by atoms with van der Waals surface area (Å²) in [6.45, 7) is 1.97. The molecule has 0 amide bonds. The fourth-order valence-electron chi connectivity index (χ4n) is 1.60. The molecule has 5 heteroatoms. The van der Waals surface area contributed by atoms with Crippen molar-refractivity contribution in [2.45, 2.75) is 13.5 Å². The van der Waals surface area contributed by atoms with Crippen molar-refractivity contribution in [3.8, 4) is 11.4 Å². The first-order chi connectivity index (χ1) is 8.13. The number of nitrogens with two attached hydrogens (primary N) is 1. The third kappa shape index (κ3) is 2.05. The van der Waals surface area contributed by atoms with E-state index in [-0.39, 0.29) is 17.9 Å². The maximum absolute atomic E-state index is 11.8. The minimum Gasteiger partial charge on any atom is -0.506 e. The minimum absolute atomic E-state index is 0.0813. The van der Waals surface area contributed by atoms with E-state index in [9.17, 15) is 9.90 Å². The van der Waals surface area contributed by atoms with Crippen molar-refractivity contribution in [3.63, 3.8) is 0 Å². The molecule has 17 heavy (non-hydrogen) atoms. The number of rotatable bonds is 2. The second-order valence-corrected chi connectivity index (χ2v) is 3.72. The van der Waals surface area contributed by atoms with Gasteiger partial charge in [0.2, 0.25) is 0 Å². The van der Waals surface area contributed by atoms with E-state index in [0.29, 0.717) is 11.4 Å². The highest BCUT2D eigenvalue weighted by Gasteiger charge is 2.09. The van der Waals surface area contributed by atoms with E-state index >= 15 is 0 Å². The van der Waals surface area contributed by atoms with E-state index in [0.717, 1.165) is 11.6 Å². The lowest BCUT2D eigenvalue weighted by Gasteiger charge is -2.09. The highest BCUT2D eigenvalue weighted by Crippen LogP contribution is 2.14. The third-order valence-corrected chi connectivity index (χ3v) is 2.52. The molecule has 2 rings (SSSR count). The van der Waals surface area contributed by atoms with Crippen LogP contribution in [0.25, 0.3) is 5.69 Å². The third-order valence-electron chi connectivity index (χ3n) is 2.52. The van der Waals surface area contributed by atoms with Crippen molar-refractivity contribution in [2.75, 3.05) is 0 Å². The Morgan fingerprint density at radius 1 is 1.41 bits per heavy atom. The molecule has 2 aromatic rings. The second-order valence-electron chi connectivity index (χ2n) is 3.72. The summed E-state index contributed by atoms with van der Waals surface area (Å²) in [5.41, 5.74) is 6.98. The molecule has 0 radical (unpaired) electrons. The summed E-state index contributed by atoms with van der Waals surface area (Å²) in [6.07, 6.45) is 0. The van der Waals surface area contributed by atoms with Crippen LogP contribution in [0.5, 0.6) is 5.75 Å². The van der Waals surface area contributed by atoms with E-state index in [1.165, 1.54) is 4.68 Å².